The van der Waals surface area contributed by atoms with Crippen LogP contribution in [-0.4, -0.2) is 81.3 Å². The Labute approximate surface area is 189 Å². The summed E-state index contributed by atoms with van der Waals surface area (Å²) in [5, 5.41) is 34.9. The van der Waals surface area contributed by atoms with Crippen LogP contribution in [0.25, 0.3) is 0 Å². The Bertz CT molecular complexity index is 779. The molecule has 0 aliphatic heterocycles. The number of phenols is 1. The van der Waals surface area contributed by atoms with E-state index in [1.54, 1.807) is 0 Å². The van der Waals surface area contributed by atoms with E-state index >= 15 is 0 Å². The summed E-state index contributed by atoms with van der Waals surface area (Å²) in [4.78, 5) is 48.3. The number of aliphatic hydroxyl groups excluding tert-OH is 1. The molecule has 8 N–H and O–H groups in total. The Morgan fingerprint density at radius 1 is 0.871 bits per heavy atom. The highest BCUT2D eigenvalue weighted by atomic mass is 32.1. The number of hydrogen-bond acceptors (Lipinski definition) is 9. The van der Waals surface area contributed by atoms with Gasteiger partial charge in [0, 0.05) is 17.9 Å². The lowest BCUT2D eigenvalue weighted by molar-refractivity contribution is -0.141. The van der Waals surface area contributed by atoms with Gasteiger partial charge in [-0.25, -0.2) is 4.79 Å². The Morgan fingerprint density at radius 2 is 1.39 bits per heavy atom. The lowest BCUT2D eigenvalue weighted by atomic mass is 10.0. The molecule has 0 spiro atoms. The van der Waals surface area contributed by atoms with Crippen molar-refractivity contribution >= 4 is 48.9 Å². The van der Waals surface area contributed by atoms with E-state index in [4.69, 9.17) is 10.8 Å². The van der Waals surface area contributed by atoms with Gasteiger partial charge < -0.3 is 37.0 Å². The van der Waals surface area contributed by atoms with E-state index in [0.29, 0.717) is 5.56 Å². The van der Waals surface area contributed by atoms with E-state index < -0.39 is 54.5 Å². The zero-order valence-corrected chi connectivity index (χ0v) is 18.2. The summed E-state index contributed by atoms with van der Waals surface area (Å²) in [6.45, 7) is -0.765. The minimum Gasteiger partial charge on any atom is -0.508 e. The summed E-state index contributed by atoms with van der Waals surface area (Å²) < 4.78 is 0. The molecular weight excluding hydrogens is 448 g/mol. The van der Waals surface area contributed by atoms with E-state index in [9.17, 15) is 29.4 Å². The third kappa shape index (κ3) is 8.65. The molecule has 11 nitrogen and oxygen atoms in total. The van der Waals surface area contributed by atoms with Crippen molar-refractivity contribution in [2.45, 2.75) is 30.6 Å². The molecule has 172 valence electrons. The fourth-order valence-electron chi connectivity index (χ4n) is 2.36. The SMILES string of the molecule is NC(CS)C(=O)NC(CO)C(=O)NC(Cc1ccc(O)cc1)C(=O)NC(CS)C(=O)O. The summed E-state index contributed by atoms with van der Waals surface area (Å²) in [6, 6.07) is 0.866. The van der Waals surface area contributed by atoms with Crippen LogP contribution in [0.15, 0.2) is 24.3 Å². The summed E-state index contributed by atoms with van der Waals surface area (Å²) in [7, 11) is 0. The van der Waals surface area contributed by atoms with Crippen molar-refractivity contribution in [3.05, 3.63) is 29.8 Å². The molecule has 0 saturated carbocycles. The van der Waals surface area contributed by atoms with Gasteiger partial charge >= 0.3 is 5.97 Å². The van der Waals surface area contributed by atoms with Crippen LogP contribution in [0.5, 0.6) is 5.75 Å². The molecular formula is C18H26N4O7S2. The van der Waals surface area contributed by atoms with Gasteiger partial charge in [-0.3, -0.25) is 14.4 Å². The number of aliphatic hydroxyl groups is 1. The van der Waals surface area contributed by atoms with Gasteiger partial charge in [0.2, 0.25) is 17.7 Å². The molecule has 31 heavy (non-hydrogen) atoms. The number of thiol groups is 2. The van der Waals surface area contributed by atoms with Crippen LogP contribution >= 0.6 is 25.3 Å². The molecule has 0 heterocycles. The predicted molar refractivity (Wildman–Crippen MR) is 118 cm³/mol. The minimum absolute atomic E-state index is 0.00149. The number of nitrogens with one attached hydrogen (secondary N) is 3. The first-order valence-electron chi connectivity index (χ1n) is 9.12. The van der Waals surface area contributed by atoms with Crippen LogP contribution in [0.2, 0.25) is 0 Å². The molecule has 1 rings (SSSR count). The van der Waals surface area contributed by atoms with Crippen LogP contribution < -0.4 is 21.7 Å². The fraction of sp³-hybridized carbons (Fsp3) is 0.444. The number of phenolic OH excluding ortho intramolecular Hbond substituents is 1. The minimum atomic E-state index is -1.39. The van der Waals surface area contributed by atoms with Gasteiger partial charge in [-0.05, 0) is 17.7 Å². The van der Waals surface area contributed by atoms with Crippen LogP contribution in [0, 0.1) is 0 Å². The monoisotopic (exact) mass is 474 g/mol. The number of hydrogen-bond donors (Lipinski definition) is 9. The van der Waals surface area contributed by atoms with Crippen molar-refractivity contribution in [1.29, 1.82) is 0 Å². The fourth-order valence-corrected chi connectivity index (χ4v) is 2.78. The zero-order valence-electron chi connectivity index (χ0n) is 16.4. The van der Waals surface area contributed by atoms with E-state index in [-0.39, 0.29) is 23.7 Å². The number of aliphatic carboxylic acids is 1. The number of carbonyl (C=O) groups is 4. The van der Waals surface area contributed by atoms with Crippen molar-refractivity contribution in [2.24, 2.45) is 5.73 Å². The van der Waals surface area contributed by atoms with Crippen molar-refractivity contribution in [3.63, 3.8) is 0 Å². The van der Waals surface area contributed by atoms with Crippen molar-refractivity contribution < 1.29 is 34.5 Å². The molecule has 0 saturated heterocycles. The second-order valence-corrected chi connectivity index (χ2v) is 7.28. The Balaban J connectivity index is 3.01. The third-order valence-electron chi connectivity index (χ3n) is 4.16. The summed E-state index contributed by atoms with van der Waals surface area (Å²) in [5.74, 6) is -3.88. The number of nitrogens with two attached hydrogens (primary N) is 1. The number of carboxylic acid groups (broad SMARTS) is 1. The van der Waals surface area contributed by atoms with Gasteiger partial charge in [0.05, 0.1) is 12.6 Å². The van der Waals surface area contributed by atoms with Gasteiger partial charge in [0.1, 0.15) is 23.9 Å². The number of rotatable bonds is 12. The highest BCUT2D eigenvalue weighted by Gasteiger charge is 2.29. The Hall–Kier alpha value is -2.48. The molecule has 0 aliphatic carbocycles. The normalized spacial score (nSPS) is 14.6. The maximum Gasteiger partial charge on any atom is 0.327 e. The summed E-state index contributed by atoms with van der Waals surface area (Å²) >= 11 is 7.77. The van der Waals surface area contributed by atoms with Crippen LogP contribution in [-0.2, 0) is 25.6 Å². The van der Waals surface area contributed by atoms with E-state index in [1.165, 1.54) is 24.3 Å². The van der Waals surface area contributed by atoms with Gasteiger partial charge in [-0.1, -0.05) is 12.1 Å². The van der Waals surface area contributed by atoms with Gasteiger partial charge in [-0.15, -0.1) is 0 Å². The van der Waals surface area contributed by atoms with Crippen molar-refractivity contribution in [3.8, 4) is 5.75 Å². The average Bonchev–Trinajstić information content (AvgIpc) is 2.75. The molecule has 3 amide bonds. The highest BCUT2D eigenvalue weighted by molar-refractivity contribution is 7.80. The van der Waals surface area contributed by atoms with Crippen LogP contribution in [0.3, 0.4) is 0 Å². The largest absolute Gasteiger partial charge is 0.508 e. The lowest BCUT2D eigenvalue weighted by Crippen LogP contribution is -2.58. The molecule has 0 fully saturated rings. The van der Waals surface area contributed by atoms with E-state index in [1.807, 2.05) is 0 Å². The first-order valence-corrected chi connectivity index (χ1v) is 10.4. The maximum atomic E-state index is 12.7. The molecule has 4 unspecified atom stereocenters. The first kappa shape index (κ1) is 26.6. The van der Waals surface area contributed by atoms with E-state index in [0.717, 1.165) is 0 Å². The smallest absolute Gasteiger partial charge is 0.327 e. The van der Waals surface area contributed by atoms with Gasteiger partial charge in [0.15, 0.2) is 0 Å². The molecule has 0 bridgehead atoms. The van der Waals surface area contributed by atoms with Crippen molar-refractivity contribution in [2.75, 3.05) is 18.1 Å². The number of amides is 3. The van der Waals surface area contributed by atoms with Crippen LogP contribution in [0.1, 0.15) is 5.56 Å². The van der Waals surface area contributed by atoms with Crippen molar-refractivity contribution in [1.82, 2.24) is 16.0 Å². The summed E-state index contributed by atoms with van der Waals surface area (Å²) in [5.41, 5.74) is 6.09. The molecule has 1 aromatic rings. The van der Waals surface area contributed by atoms with Gasteiger partial charge in [-0.2, -0.15) is 25.3 Å². The molecule has 4 atom stereocenters. The molecule has 13 heteroatoms. The number of carbonyl (C=O) groups excluding carboxylic acids is 3. The standard InChI is InChI=1S/C18H26N4O7S2/c19-11(7-30)15(25)21-13(6-23)17(27)20-12(5-9-1-3-10(24)4-2-9)16(26)22-14(8-31)18(28)29/h1-4,11-14,23-24,30-31H,5-8,19H2,(H,20,27)(H,21,25)(H,22,26)(H,28,29). The Morgan fingerprint density at radius 3 is 1.87 bits per heavy atom. The second-order valence-electron chi connectivity index (χ2n) is 6.55. The second kappa shape index (κ2) is 13.0. The predicted octanol–water partition coefficient (Wildman–Crippen LogP) is -2.35. The highest BCUT2D eigenvalue weighted by Crippen LogP contribution is 2.12. The maximum absolute atomic E-state index is 12.7. The third-order valence-corrected chi connectivity index (χ3v) is 4.91. The number of benzene rings is 1. The molecule has 0 aliphatic rings. The van der Waals surface area contributed by atoms with Gasteiger partial charge in [0.25, 0.3) is 0 Å². The lowest BCUT2D eigenvalue weighted by Gasteiger charge is -2.24. The van der Waals surface area contributed by atoms with Crippen LogP contribution in [0.4, 0.5) is 0 Å². The Kier molecular flexibility index (Phi) is 11.2. The average molecular weight is 475 g/mol. The topological polar surface area (TPSA) is 191 Å². The molecule has 0 aromatic heterocycles. The number of aromatic hydroxyl groups is 1. The van der Waals surface area contributed by atoms with E-state index in [2.05, 4.69) is 41.2 Å². The molecule has 0 radical (unpaired) electrons. The summed E-state index contributed by atoms with van der Waals surface area (Å²) in [6.07, 6.45) is -0.0565. The molecule has 1 aromatic carbocycles. The number of carboxylic acids is 1. The zero-order chi connectivity index (χ0) is 23.6. The first-order chi connectivity index (χ1) is 14.6. The quantitative estimate of drug-likeness (QED) is 0.150.